The average Bonchev–Trinajstić information content (AvgIpc) is 3.20. The Bertz CT molecular complexity index is 723. The van der Waals surface area contributed by atoms with Crippen molar-refractivity contribution in [1.82, 2.24) is 20.2 Å². The van der Waals surface area contributed by atoms with Crippen LogP contribution >= 0.6 is 11.3 Å². The van der Waals surface area contributed by atoms with E-state index in [0.717, 1.165) is 12.8 Å². The number of nitrogens with zero attached hydrogens (tertiary/aromatic N) is 3. The van der Waals surface area contributed by atoms with Crippen molar-refractivity contribution in [1.29, 1.82) is 0 Å². The largest absolute Gasteiger partial charge is 0.293 e. The quantitative estimate of drug-likeness (QED) is 0.733. The second kappa shape index (κ2) is 6.95. The number of thiophene rings is 1. The molecule has 3 aromatic heterocycles. The van der Waals surface area contributed by atoms with Crippen LogP contribution in [-0.4, -0.2) is 26.1 Å². The lowest BCUT2D eigenvalue weighted by Crippen LogP contribution is -2.12. The van der Waals surface area contributed by atoms with E-state index >= 15 is 0 Å². The van der Waals surface area contributed by atoms with Crippen LogP contribution in [0.5, 0.6) is 0 Å². The molecule has 0 spiro atoms. The summed E-state index contributed by atoms with van der Waals surface area (Å²) in [6.45, 7) is 0. The molecule has 6 nitrogen and oxygen atoms in total. The number of aromatic nitrogens is 4. The number of aromatic amines is 1. The Balaban J connectivity index is 1.50. The first kappa shape index (κ1) is 14.4. The van der Waals surface area contributed by atoms with Crippen molar-refractivity contribution in [3.05, 3.63) is 46.8 Å². The van der Waals surface area contributed by atoms with Crippen LogP contribution in [0.1, 0.15) is 17.7 Å². The second-order valence-corrected chi connectivity index (χ2v) is 5.74. The Hall–Kier alpha value is -2.54. The molecular formula is C15H15N5OS. The summed E-state index contributed by atoms with van der Waals surface area (Å²) in [5.74, 6) is 0.736. The van der Waals surface area contributed by atoms with Gasteiger partial charge in [-0.3, -0.25) is 20.2 Å². The molecule has 22 heavy (non-hydrogen) atoms. The predicted octanol–water partition coefficient (Wildman–Crippen LogP) is 2.89. The highest BCUT2D eigenvalue weighted by atomic mass is 32.1. The Morgan fingerprint density at radius 1 is 1.27 bits per heavy atom. The fourth-order valence-electron chi connectivity index (χ4n) is 2.00. The number of rotatable bonds is 6. The molecule has 0 bridgehead atoms. The van der Waals surface area contributed by atoms with Crippen molar-refractivity contribution >= 4 is 23.2 Å². The highest BCUT2D eigenvalue weighted by Gasteiger charge is 2.09. The lowest BCUT2D eigenvalue weighted by atomic mass is 10.2. The van der Waals surface area contributed by atoms with E-state index in [1.165, 1.54) is 4.88 Å². The number of carbonyl (C=O) groups is 1. The van der Waals surface area contributed by atoms with Gasteiger partial charge in [0.05, 0.1) is 0 Å². The summed E-state index contributed by atoms with van der Waals surface area (Å²) in [4.78, 5) is 21.6. The summed E-state index contributed by atoms with van der Waals surface area (Å²) < 4.78 is 0. The van der Waals surface area contributed by atoms with E-state index in [1.54, 1.807) is 17.5 Å². The third kappa shape index (κ3) is 3.76. The van der Waals surface area contributed by atoms with E-state index < -0.39 is 0 Å². The minimum Gasteiger partial charge on any atom is -0.293 e. The van der Waals surface area contributed by atoms with Crippen LogP contribution in [0.4, 0.5) is 5.95 Å². The van der Waals surface area contributed by atoms with Crippen LogP contribution in [0, 0.1) is 0 Å². The standard InChI is InChI=1S/C15H15N5OS/c21-13(8-3-5-11-6-4-10-22-11)17-15-18-14(19-20-15)12-7-1-2-9-16-12/h1-2,4,6-7,9-10H,3,5,8H2,(H2,17,18,19,20,21). The summed E-state index contributed by atoms with van der Waals surface area (Å²) in [5.41, 5.74) is 0.688. The van der Waals surface area contributed by atoms with Gasteiger partial charge in [-0.15, -0.1) is 16.4 Å². The maximum Gasteiger partial charge on any atom is 0.249 e. The van der Waals surface area contributed by atoms with E-state index in [9.17, 15) is 4.79 Å². The minimum absolute atomic E-state index is 0.0804. The summed E-state index contributed by atoms with van der Waals surface area (Å²) >= 11 is 1.71. The van der Waals surface area contributed by atoms with Crippen molar-refractivity contribution in [3.8, 4) is 11.5 Å². The highest BCUT2D eigenvalue weighted by molar-refractivity contribution is 7.09. The monoisotopic (exact) mass is 313 g/mol. The van der Waals surface area contributed by atoms with Gasteiger partial charge in [0, 0.05) is 17.5 Å². The van der Waals surface area contributed by atoms with Crippen LogP contribution in [-0.2, 0) is 11.2 Å². The number of hydrogen-bond acceptors (Lipinski definition) is 5. The lowest BCUT2D eigenvalue weighted by molar-refractivity contribution is -0.116. The van der Waals surface area contributed by atoms with E-state index in [2.05, 4.69) is 31.5 Å². The summed E-state index contributed by atoms with van der Waals surface area (Å²) in [7, 11) is 0. The van der Waals surface area contributed by atoms with Gasteiger partial charge in [0.15, 0.2) is 5.82 Å². The van der Waals surface area contributed by atoms with Gasteiger partial charge in [-0.2, -0.15) is 4.98 Å². The van der Waals surface area contributed by atoms with Gasteiger partial charge in [-0.1, -0.05) is 12.1 Å². The number of H-pyrrole nitrogens is 1. The van der Waals surface area contributed by atoms with E-state index in [-0.39, 0.29) is 11.9 Å². The zero-order valence-corrected chi connectivity index (χ0v) is 12.6. The van der Waals surface area contributed by atoms with Crippen molar-refractivity contribution in [3.63, 3.8) is 0 Å². The Kier molecular flexibility index (Phi) is 4.55. The van der Waals surface area contributed by atoms with Crippen LogP contribution < -0.4 is 5.32 Å². The highest BCUT2D eigenvalue weighted by Crippen LogP contribution is 2.14. The normalized spacial score (nSPS) is 10.5. The van der Waals surface area contributed by atoms with Gasteiger partial charge in [0.1, 0.15) is 5.69 Å². The van der Waals surface area contributed by atoms with Crippen LogP contribution in [0.3, 0.4) is 0 Å². The lowest BCUT2D eigenvalue weighted by Gasteiger charge is -2.00. The summed E-state index contributed by atoms with van der Waals surface area (Å²) in [6.07, 6.45) is 3.86. The van der Waals surface area contributed by atoms with Gasteiger partial charge in [-0.05, 0) is 36.4 Å². The number of aryl methyl sites for hydroxylation is 1. The third-order valence-electron chi connectivity index (χ3n) is 3.05. The zero-order chi connectivity index (χ0) is 15.2. The first-order chi connectivity index (χ1) is 10.8. The summed E-state index contributed by atoms with van der Waals surface area (Å²) in [5, 5.41) is 11.5. The Morgan fingerprint density at radius 2 is 2.23 bits per heavy atom. The van der Waals surface area contributed by atoms with Crippen LogP contribution in [0.2, 0.25) is 0 Å². The summed E-state index contributed by atoms with van der Waals surface area (Å²) in [6, 6.07) is 9.63. The van der Waals surface area contributed by atoms with Gasteiger partial charge < -0.3 is 0 Å². The first-order valence-corrected chi connectivity index (χ1v) is 7.85. The zero-order valence-electron chi connectivity index (χ0n) is 11.8. The molecule has 0 aliphatic carbocycles. The fraction of sp³-hybridized carbons (Fsp3) is 0.200. The first-order valence-electron chi connectivity index (χ1n) is 6.97. The number of anilines is 1. The molecule has 3 rings (SSSR count). The van der Waals surface area contributed by atoms with Gasteiger partial charge in [-0.25, -0.2) is 0 Å². The molecule has 7 heteroatoms. The van der Waals surface area contributed by atoms with E-state index in [4.69, 9.17) is 0 Å². The van der Waals surface area contributed by atoms with Crippen molar-refractivity contribution < 1.29 is 4.79 Å². The third-order valence-corrected chi connectivity index (χ3v) is 3.99. The van der Waals surface area contributed by atoms with Crippen molar-refractivity contribution in [2.24, 2.45) is 0 Å². The molecule has 0 unspecified atom stereocenters. The van der Waals surface area contributed by atoms with Gasteiger partial charge >= 0.3 is 0 Å². The van der Waals surface area contributed by atoms with E-state index in [0.29, 0.717) is 17.9 Å². The Labute approximate surface area is 131 Å². The molecule has 0 saturated heterocycles. The van der Waals surface area contributed by atoms with Crippen LogP contribution in [0.15, 0.2) is 41.9 Å². The number of hydrogen-bond donors (Lipinski definition) is 2. The Morgan fingerprint density at radius 3 is 3.00 bits per heavy atom. The molecule has 3 heterocycles. The van der Waals surface area contributed by atoms with Crippen molar-refractivity contribution in [2.45, 2.75) is 19.3 Å². The molecule has 0 aliphatic rings. The van der Waals surface area contributed by atoms with E-state index in [1.807, 2.05) is 29.6 Å². The molecule has 112 valence electrons. The minimum atomic E-state index is -0.0804. The number of pyridine rings is 1. The predicted molar refractivity (Wildman–Crippen MR) is 85.5 cm³/mol. The molecule has 0 aliphatic heterocycles. The number of carbonyl (C=O) groups excluding carboxylic acids is 1. The maximum absolute atomic E-state index is 11.9. The van der Waals surface area contributed by atoms with Gasteiger partial charge in [0.2, 0.25) is 11.9 Å². The second-order valence-electron chi connectivity index (χ2n) is 4.70. The average molecular weight is 313 g/mol. The molecule has 0 radical (unpaired) electrons. The number of nitrogens with one attached hydrogen (secondary N) is 2. The smallest absolute Gasteiger partial charge is 0.249 e. The molecule has 3 aromatic rings. The molecule has 2 N–H and O–H groups in total. The molecule has 0 aromatic carbocycles. The molecule has 0 saturated carbocycles. The molecule has 1 amide bonds. The maximum atomic E-state index is 11.9. The fourth-order valence-corrected chi connectivity index (χ4v) is 2.75. The molecule has 0 fully saturated rings. The topological polar surface area (TPSA) is 83.6 Å². The SMILES string of the molecule is O=C(CCCc1cccs1)Nc1n[nH]c(-c2ccccn2)n1. The van der Waals surface area contributed by atoms with Crippen LogP contribution in [0.25, 0.3) is 11.5 Å². The van der Waals surface area contributed by atoms with Gasteiger partial charge in [0.25, 0.3) is 0 Å². The molecule has 0 atom stereocenters. The molecular weight excluding hydrogens is 298 g/mol. The number of amides is 1. The van der Waals surface area contributed by atoms with Crippen molar-refractivity contribution in [2.75, 3.05) is 5.32 Å².